The first kappa shape index (κ1) is 17.9. The second kappa shape index (κ2) is 7.13. The van der Waals surface area contributed by atoms with Gasteiger partial charge in [-0.3, -0.25) is 9.59 Å². The number of nitrogens with one attached hydrogen (secondary N) is 1. The van der Waals surface area contributed by atoms with Gasteiger partial charge in [0.15, 0.2) is 0 Å². The molecule has 0 spiro atoms. The van der Waals surface area contributed by atoms with Crippen LogP contribution in [0.1, 0.15) is 32.1 Å². The summed E-state index contributed by atoms with van der Waals surface area (Å²) >= 11 is 3.51. The number of halogens is 1. The Labute approximate surface area is 159 Å². The van der Waals surface area contributed by atoms with Crippen molar-refractivity contribution >= 4 is 33.4 Å². The molecule has 0 saturated heterocycles. The zero-order valence-electron chi connectivity index (χ0n) is 14.3. The Morgan fingerprint density at radius 3 is 2.31 bits per heavy atom. The van der Waals surface area contributed by atoms with Gasteiger partial charge in [-0.15, -0.1) is 0 Å². The number of para-hydroxylation sites is 1. The summed E-state index contributed by atoms with van der Waals surface area (Å²) in [5.74, 6) is -0.911. The van der Waals surface area contributed by atoms with Crippen LogP contribution in [-0.2, 0) is 0 Å². The van der Waals surface area contributed by atoms with Gasteiger partial charge in [0.05, 0.1) is 32.8 Å². The SMILES string of the molecule is Cc1nn(-c2ccc(C(=O)Nc3ccccc3C(N)=O)cc2)c(C)c1Br. The third kappa shape index (κ3) is 3.39. The largest absolute Gasteiger partial charge is 0.366 e. The quantitative estimate of drug-likeness (QED) is 0.685. The lowest BCUT2D eigenvalue weighted by Crippen LogP contribution is -2.18. The van der Waals surface area contributed by atoms with Gasteiger partial charge < -0.3 is 11.1 Å². The fourth-order valence-electron chi connectivity index (χ4n) is 2.63. The molecule has 1 aromatic heterocycles. The van der Waals surface area contributed by atoms with E-state index in [4.69, 9.17) is 5.73 Å². The number of rotatable bonds is 4. The van der Waals surface area contributed by atoms with E-state index in [0.29, 0.717) is 11.3 Å². The Bertz CT molecular complexity index is 993. The van der Waals surface area contributed by atoms with Crippen molar-refractivity contribution in [3.05, 3.63) is 75.5 Å². The summed E-state index contributed by atoms with van der Waals surface area (Å²) in [6.45, 7) is 3.89. The second-order valence-electron chi connectivity index (χ2n) is 5.81. The van der Waals surface area contributed by atoms with Gasteiger partial charge in [0, 0.05) is 5.56 Å². The van der Waals surface area contributed by atoms with Gasteiger partial charge in [0.25, 0.3) is 11.8 Å². The Balaban J connectivity index is 1.84. The van der Waals surface area contributed by atoms with Crippen LogP contribution < -0.4 is 11.1 Å². The molecule has 3 N–H and O–H groups in total. The van der Waals surface area contributed by atoms with E-state index in [1.54, 1.807) is 36.4 Å². The minimum atomic E-state index is -0.591. The van der Waals surface area contributed by atoms with Crippen molar-refractivity contribution in [2.45, 2.75) is 13.8 Å². The van der Waals surface area contributed by atoms with Crippen LogP contribution in [-0.4, -0.2) is 21.6 Å². The van der Waals surface area contributed by atoms with Crippen LogP contribution in [0.15, 0.2) is 53.0 Å². The van der Waals surface area contributed by atoms with Crippen LogP contribution in [0.25, 0.3) is 5.69 Å². The normalized spacial score (nSPS) is 10.6. The monoisotopic (exact) mass is 412 g/mol. The summed E-state index contributed by atoms with van der Waals surface area (Å²) < 4.78 is 2.77. The molecule has 2 amide bonds. The van der Waals surface area contributed by atoms with E-state index in [0.717, 1.165) is 21.5 Å². The summed E-state index contributed by atoms with van der Waals surface area (Å²) in [7, 11) is 0. The highest BCUT2D eigenvalue weighted by Crippen LogP contribution is 2.23. The number of anilines is 1. The Hall–Kier alpha value is -2.93. The molecule has 26 heavy (non-hydrogen) atoms. The van der Waals surface area contributed by atoms with Gasteiger partial charge in [-0.1, -0.05) is 12.1 Å². The highest BCUT2D eigenvalue weighted by molar-refractivity contribution is 9.10. The molecule has 0 aliphatic carbocycles. The van der Waals surface area contributed by atoms with Gasteiger partial charge in [-0.25, -0.2) is 4.68 Å². The van der Waals surface area contributed by atoms with Crippen molar-refractivity contribution in [2.24, 2.45) is 5.73 Å². The molecule has 132 valence electrons. The maximum Gasteiger partial charge on any atom is 0.255 e. The van der Waals surface area contributed by atoms with Gasteiger partial charge in [0.2, 0.25) is 0 Å². The first-order valence-electron chi connectivity index (χ1n) is 7.91. The molecule has 2 aromatic carbocycles. The predicted molar refractivity (Wildman–Crippen MR) is 104 cm³/mol. The molecule has 0 unspecified atom stereocenters. The fraction of sp³-hybridized carbons (Fsp3) is 0.105. The molecule has 6 nitrogen and oxygen atoms in total. The Morgan fingerprint density at radius 1 is 1.08 bits per heavy atom. The molecule has 0 aliphatic rings. The molecular formula is C19H17BrN4O2. The molecule has 0 radical (unpaired) electrons. The highest BCUT2D eigenvalue weighted by Gasteiger charge is 2.13. The van der Waals surface area contributed by atoms with Crippen LogP contribution in [0.3, 0.4) is 0 Å². The zero-order valence-corrected chi connectivity index (χ0v) is 15.9. The van der Waals surface area contributed by atoms with E-state index < -0.39 is 5.91 Å². The lowest BCUT2D eigenvalue weighted by atomic mass is 10.1. The number of hydrogen-bond acceptors (Lipinski definition) is 3. The molecule has 0 atom stereocenters. The minimum absolute atomic E-state index is 0.268. The molecule has 3 aromatic rings. The molecule has 0 saturated carbocycles. The predicted octanol–water partition coefficient (Wildman–Crippen LogP) is 3.60. The first-order valence-corrected chi connectivity index (χ1v) is 8.70. The van der Waals surface area contributed by atoms with Gasteiger partial charge in [0.1, 0.15) is 0 Å². The molecule has 7 heteroatoms. The summed E-state index contributed by atoms with van der Waals surface area (Å²) in [5, 5.41) is 7.19. The van der Waals surface area contributed by atoms with Crippen molar-refractivity contribution in [3.8, 4) is 5.69 Å². The lowest BCUT2D eigenvalue weighted by Gasteiger charge is -2.10. The van der Waals surface area contributed by atoms with Crippen molar-refractivity contribution in [1.82, 2.24) is 9.78 Å². The lowest BCUT2D eigenvalue weighted by molar-refractivity contribution is 0.100. The summed E-state index contributed by atoms with van der Waals surface area (Å²) in [4.78, 5) is 23.9. The fourth-order valence-corrected chi connectivity index (χ4v) is 2.88. The molecule has 0 bridgehead atoms. The molecule has 3 rings (SSSR count). The van der Waals surface area contributed by atoms with Crippen LogP contribution in [0.2, 0.25) is 0 Å². The average Bonchev–Trinajstić information content (AvgIpc) is 2.89. The van der Waals surface area contributed by atoms with Gasteiger partial charge >= 0.3 is 0 Å². The number of benzene rings is 2. The molecular weight excluding hydrogens is 396 g/mol. The number of nitrogens with two attached hydrogens (primary N) is 1. The molecule has 0 aliphatic heterocycles. The average molecular weight is 413 g/mol. The molecule has 1 heterocycles. The number of carbonyl (C=O) groups excluding carboxylic acids is 2. The second-order valence-corrected chi connectivity index (χ2v) is 6.60. The topological polar surface area (TPSA) is 90.0 Å². The van der Waals surface area contributed by atoms with Crippen molar-refractivity contribution < 1.29 is 9.59 Å². The molecule has 0 fully saturated rings. The van der Waals surface area contributed by atoms with Crippen LogP contribution >= 0.6 is 15.9 Å². The minimum Gasteiger partial charge on any atom is -0.366 e. The number of nitrogens with zero attached hydrogens (tertiary/aromatic N) is 2. The number of aromatic nitrogens is 2. The third-order valence-corrected chi connectivity index (χ3v) is 5.17. The maximum atomic E-state index is 12.5. The van der Waals surface area contributed by atoms with Crippen LogP contribution in [0, 0.1) is 13.8 Å². The summed E-state index contributed by atoms with van der Waals surface area (Å²) in [5.41, 5.74) is 9.19. The first-order chi connectivity index (χ1) is 12.4. The van der Waals surface area contributed by atoms with Crippen molar-refractivity contribution in [1.29, 1.82) is 0 Å². The summed E-state index contributed by atoms with van der Waals surface area (Å²) in [6.07, 6.45) is 0. The van der Waals surface area contributed by atoms with E-state index in [2.05, 4.69) is 26.3 Å². The van der Waals surface area contributed by atoms with E-state index in [9.17, 15) is 9.59 Å². The Morgan fingerprint density at radius 2 is 1.73 bits per heavy atom. The standard InChI is InChI=1S/C19H17BrN4O2/c1-11-17(20)12(2)24(23-11)14-9-7-13(8-10-14)19(26)22-16-6-4-3-5-15(16)18(21)25/h3-10H,1-2H3,(H2,21,25)(H,22,26). The zero-order chi connectivity index (χ0) is 18.8. The smallest absolute Gasteiger partial charge is 0.255 e. The van der Waals surface area contributed by atoms with Crippen LogP contribution in [0.4, 0.5) is 5.69 Å². The van der Waals surface area contributed by atoms with Gasteiger partial charge in [-0.05, 0) is 66.2 Å². The number of aryl methyl sites for hydroxylation is 1. The number of hydrogen-bond donors (Lipinski definition) is 2. The van der Waals surface area contributed by atoms with E-state index in [-0.39, 0.29) is 11.5 Å². The van der Waals surface area contributed by atoms with Gasteiger partial charge in [-0.2, -0.15) is 5.10 Å². The van der Waals surface area contributed by atoms with Crippen molar-refractivity contribution in [2.75, 3.05) is 5.32 Å². The van der Waals surface area contributed by atoms with Crippen molar-refractivity contribution in [3.63, 3.8) is 0 Å². The number of amides is 2. The van der Waals surface area contributed by atoms with Crippen LogP contribution in [0.5, 0.6) is 0 Å². The summed E-state index contributed by atoms with van der Waals surface area (Å²) in [6, 6.07) is 13.7. The van der Waals surface area contributed by atoms with E-state index in [1.165, 1.54) is 0 Å². The Kier molecular flexibility index (Phi) is 4.90. The third-order valence-electron chi connectivity index (χ3n) is 4.02. The van der Waals surface area contributed by atoms with E-state index >= 15 is 0 Å². The van der Waals surface area contributed by atoms with E-state index in [1.807, 2.05) is 30.7 Å². The highest BCUT2D eigenvalue weighted by atomic mass is 79.9. The maximum absolute atomic E-state index is 12.5. The number of primary amides is 1. The number of carbonyl (C=O) groups is 2.